The first-order chi connectivity index (χ1) is 8.24. The van der Waals surface area contributed by atoms with E-state index in [1.165, 1.54) is 0 Å². The number of benzene rings is 1. The third kappa shape index (κ3) is 3.84. The lowest BCUT2D eigenvalue weighted by atomic mass is 10.0. The van der Waals surface area contributed by atoms with Crippen LogP contribution in [0, 0.1) is 0 Å². The first kappa shape index (κ1) is 14.2. The molecule has 0 aliphatic heterocycles. The Morgan fingerprint density at radius 3 is 2.59 bits per heavy atom. The van der Waals surface area contributed by atoms with E-state index in [4.69, 9.17) is 0 Å². The van der Waals surface area contributed by atoms with E-state index in [1.54, 1.807) is 0 Å². The molecule has 0 saturated heterocycles. The Balaban J connectivity index is 2.85. The lowest BCUT2D eigenvalue weighted by molar-refractivity contribution is 0.0764. The molecule has 1 amide bonds. The van der Waals surface area contributed by atoms with Gasteiger partial charge in [-0.05, 0) is 31.4 Å². The smallest absolute Gasteiger partial charge is 0.254 e. The predicted molar refractivity (Wildman–Crippen MR) is 75.8 cm³/mol. The van der Waals surface area contributed by atoms with Crippen molar-refractivity contribution in [2.75, 3.05) is 18.4 Å². The average molecular weight is 298 g/mol. The number of rotatable bonds is 6. The number of hydrogen-bond donors (Lipinski definition) is 0. The number of carbonyl (C=O) groups is 1. The third-order valence-corrected chi connectivity index (χ3v) is 3.42. The first-order valence-electron chi connectivity index (χ1n) is 6.17. The lowest BCUT2D eigenvalue weighted by Crippen LogP contribution is -2.32. The first-order valence-corrected chi connectivity index (χ1v) is 7.29. The molecule has 0 bridgehead atoms. The maximum absolute atomic E-state index is 12.4. The van der Waals surface area contributed by atoms with Crippen LogP contribution in [0.15, 0.2) is 24.3 Å². The van der Waals surface area contributed by atoms with Gasteiger partial charge >= 0.3 is 0 Å². The van der Waals surface area contributed by atoms with Crippen molar-refractivity contribution in [1.29, 1.82) is 0 Å². The number of carbonyl (C=O) groups excluding carboxylic acids is 1. The summed E-state index contributed by atoms with van der Waals surface area (Å²) in [6.07, 6.45) is 1.89. The van der Waals surface area contributed by atoms with Crippen LogP contribution in [0.5, 0.6) is 0 Å². The summed E-state index contributed by atoms with van der Waals surface area (Å²) < 4.78 is 0. The predicted octanol–water partition coefficient (Wildman–Crippen LogP) is 3.50. The van der Waals surface area contributed by atoms with Crippen molar-refractivity contribution >= 4 is 21.8 Å². The Hall–Kier alpha value is -0.830. The highest BCUT2D eigenvalue weighted by Gasteiger charge is 2.15. The van der Waals surface area contributed by atoms with Crippen LogP contribution < -0.4 is 0 Å². The van der Waals surface area contributed by atoms with Crippen LogP contribution in [-0.2, 0) is 6.42 Å². The van der Waals surface area contributed by atoms with Crippen LogP contribution in [0.4, 0.5) is 0 Å². The Morgan fingerprint density at radius 2 is 2.00 bits per heavy atom. The monoisotopic (exact) mass is 297 g/mol. The number of hydrogen-bond acceptors (Lipinski definition) is 1. The summed E-state index contributed by atoms with van der Waals surface area (Å²) in [6.45, 7) is 5.70. The molecule has 3 heteroatoms. The quantitative estimate of drug-likeness (QED) is 0.736. The SMILES string of the molecule is CCc1ccccc1C(=O)N(CC)CCCBr. The van der Waals surface area contributed by atoms with Crippen LogP contribution in [0.3, 0.4) is 0 Å². The van der Waals surface area contributed by atoms with E-state index in [-0.39, 0.29) is 5.91 Å². The Bertz CT molecular complexity index is 365. The van der Waals surface area contributed by atoms with Crippen LogP contribution in [0.2, 0.25) is 0 Å². The fourth-order valence-electron chi connectivity index (χ4n) is 1.86. The Kier molecular flexibility index (Phi) is 6.27. The van der Waals surface area contributed by atoms with Crippen molar-refractivity contribution in [3.05, 3.63) is 35.4 Å². The number of aryl methyl sites for hydroxylation is 1. The van der Waals surface area contributed by atoms with Gasteiger partial charge in [0.05, 0.1) is 0 Å². The Labute approximate surface area is 112 Å². The number of nitrogens with zero attached hydrogens (tertiary/aromatic N) is 1. The summed E-state index contributed by atoms with van der Waals surface area (Å²) >= 11 is 3.40. The average Bonchev–Trinajstić information content (AvgIpc) is 2.39. The minimum Gasteiger partial charge on any atom is -0.339 e. The van der Waals surface area contributed by atoms with E-state index in [0.29, 0.717) is 0 Å². The molecule has 0 N–H and O–H groups in total. The lowest BCUT2D eigenvalue weighted by Gasteiger charge is -2.21. The fraction of sp³-hybridized carbons (Fsp3) is 0.500. The van der Waals surface area contributed by atoms with Crippen molar-refractivity contribution in [3.63, 3.8) is 0 Å². The highest BCUT2D eigenvalue weighted by molar-refractivity contribution is 9.09. The summed E-state index contributed by atoms with van der Waals surface area (Å²) in [6, 6.07) is 7.89. The zero-order valence-electron chi connectivity index (χ0n) is 10.6. The normalized spacial score (nSPS) is 10.3. The molecule has 1 aromatic rings. The molecule has 0 heterocycles. The van der Waals surface area contributed by atoms with E-state index in [0.717, 1.165) is 42.4 Å². The molecule has 0 aromatic heterocycles. The number of halogens is 1. The van der Waals surface area contributed by atoms with Gasteiger partial charge in [0.25, 0.3) is 5.91 Å². The van der Waals surface area contributed by atoms with Gasteiger partial charge in [-0.15, -0.1) is 0 Å². The van der Waals surface area contributed by atoms with Gasteiger partial charge in [-0.25, -0.2) is 0 Å². The second-order valence-electron chi connectivity index (χ2n) is 3.94. The van der Waals surface area contributed by atoms with Gasteiger partial charge in [-0.3, -0.25) is 4.79 Å². The summed E-state index contributed by atoms with van der Waals surface area (Å²) in [7, 11) is 0. The van der Waals surface area contributed by atoms with Gasteiger partial charge in [0.15, 0.2) is 0 Å². The molecular weight excluding hydrogens is 278 g/mol. The van der Waals surface area contributed by atoms with E-state index in [2.05, 4.69) is 22.9 Å². The molecular formula is C14H20BrNO. The zero-order chi connectivity index (χ0) is 12.7. The van der Waals surface area contributed by atoms with Crippen molar-refractivity contribution in [2.45, 2.75) is 26.7 Å². The summed E-state index contributed by atoms with van der Waals surface area (Å²) in [5.74, 6) is 0.158. The molecule has 0 radical (unpaired) electrons. The van der Waals surface area contributed by atoms with Crippen LogP contribution in [0.1, 0.15) is 36.2 Å². The van der Waals surface area contributed by atoms with E-state index in [1.807, 2.05) is 36.1 Å². The van der Waals surface area contributed by atoms with E-state index in [9.17, 15) is 4.79 Å². The number of alkyl halides is 1. The molecule has 17 heavy (non-hydrogen) atoms. The van der Waals surface area contributed by atoms with Crippen molar-refractivity contribution < 1.29 is 4.79 Å². The van der Waals surface area contributed by atoms with Crippen molar-refractivity contribution in [2.24, 2.45) is 0 Å². The topological polar surface area (TPSA) is 20.3 Å². The summed E-state index contributed by atoms with van der Waals surface area (Å²) in [5, 5.41) is 0.937. The van der Waals surface area contributed by atoms with Gasteiger partial charge in [0, 0.05) is 24.0 Å². The highest BCUT2D eigenvalue weighted by atomic mass is 79.9. The summed E-state index contributed by atoms with van der Waals surface area (Å²) in [5.41, 5.74) is 1.99. The fourth-order valence-corrected chi connectivity index (χ4v) is 2.11. The molecule has 0 unspecified atom stereocenters. The van der Waals surface area contributed by atoms with Crippen molar-refractivity contribution in [1.82, 2.24) is 4.90 Å². The van der Waals surface area contributed by atoms with Gasteiger partial charge in [0.2, 0.25) is 0 Å². The Morgan fingerprint density at radius 1 is 1.29 bits per heavy atom. The number of amides is 1. The molecule has 0 aliphatic rings. The van der Waals surface area contributed by atoms with Crippen molar-refractivity contribution in [3.8, 4) is 0 Å². The minimum absolute atomic E-state index is 0.158. The molecule has 94 valence electrons. The van der Waals surface area contributed by atoms with Crippen LogP contribution in [-0.4, -0.2) is 29.2 Å². The second-order valence-corrected chi connectivity index (χ2v) is 4.73. The van der Waals surface area contributed by atoms with Gasteiger partial charge in [0.1, 0.15) is 0 Å². The molecule has 0 atom stereocenters. The highest BCUT2D eigenvalue weighted by Crippen LogP contribution is 2.13. The molecule has 0 spiro atoms. The maximum Gasteiger partial charge on any atom is 0.254 e. The molecule has 0 aliphatic carbocycles. The summed E-state index contributed by atoms with van der Waals surface area (Å²) in [4.78, 5) is 14.3. The maximum atomic E-state index is 12.4. The molecule has 0 fully saturated rings. The molecule has 0 saturated carbocycles. The third-order valence-electron chi connectivity index (χ3n) is 2.86. The largest absolute Gasteiger partial charge is 0.339 e. The van der Waals surface area contributed by atoms with Gasteiger partial charge < -0.3 is 4.90 Å². The van der Waals surface area contributed by atoms with Gasteiger partial charge in [-0.2, -0.15) is 0 Å². The van der Waals surface area contributed by atoms with Crippen LogP contribution in [0.25, 0.3) is 0 Å². The molecule has 1 aromatic carbocycles. The minimum atomic E-state index is 0.158. The standard InChI is InChI=1S/C14H20BrNO/c1-3-12-8-5-6-9-13(12)14(17)16(4-2)11-7-10-15/h5-6,8-9H,3-4,7,10-11H2,1-2H3. The second kappa shape index (κ2) is 7.49. The van der Waals surface area contributed by atoms with E-state index >= 15 is 0 Å². The zero-order valence-corrected chi connectivity index (χ0v) is 12.2. The van der Waals surface area contributed by atoms with Crippen LogP contribution >= 0.6 is 15.9 Å². The van der Waals surface area contributed by atoms with E-state index < -0.39 is 0 Å². The van der Waals surface area contributed by atoms with Gasteiger partial charge in [-0.1, -0.05) is 41.1 Å². The molecule has 1 rings (SSSR count). The molecule has 2 nitrogen and oxygen atoms in total.